The minimum atomic E-state index is -0.281. The van der Waals surface area contributed by atoms with Crippen molar-refractivity contribution in [2.45, 2.75) is 44.7 Å². The van der Waals surface area contributed by atoms with Crippen LogP contribution in [0.15, 0.2) is 42.5 Å². The maximum absolute atomic E-state index is 13.8. The van der Waals surface area contributed by atoms with Gasteiger partial charge in [0.2, 0.25) is 5.91 Å². The van der Waals surface area contributed by atoms with Gasteiger partial charge in [-0.15, -0.1) is 0 Å². The van der Waals surface area contributed by atoms with E-state index in [9.17, 15) is 14.4 Å². The van der Waals surface area contributed by atoms with Gasteiger partial charge in [0.05, 0.1) is 23.4 Å². The standard InChI is InChI=1S/C31H39ClN4O4/c1-33-15-12-25(13-16-33)35(14-5-19-40-2)29(37)23-10-17-34(18-11-23)27-9-4-8-26-28(27)31(39)36(30(26)38)21-22-6-3-7-24(32)20-22/h3-4,6-9,20,23,25H,5,10-19,21H2,1-2H3. The first-order chi connectivity index (χ1) is 19.4. The van der Waals surface area contributed by atoms with Crippen molar-refractivity contribution in [3.05, 3.63) is 64.2 Å². The van der Waals surface area contributed by atoms with E-state index in [1.807, 2.05) is 24.3 Å². The van der Waals surface area contributed by atoms with Crippen molar-refractivity contribution in [2.75, 3.05) is 58.4 Å². The summed E-state index contributed by atoms with van der Waals surface area (Å²) in [6, 6.07) is 13.0. The zero-order chi connectivity index (χ0) is 28.2. The fourth-order valence-electron chi connectivity index (χ4n) is 6.30. The summed E-state index contributed by atoms with van der Waals surface area (Å²) in [5.41, 5.74) is 2.49. The molecule has 0 aromatic heterocycles. The molecule has 2 fully saturated rings. The normalized spacial score (nSPS) is 18.9. The number of ether oxygens (including phenoxy) is 1. The molecule has 40 heavy (non-hydrogen) atoms. The monoisotopic (exact) mass is 566 g/mol. The highest BCUT2D eigenvalue weighted by atomic mass is 35.5. The molecule has 3 amide bonds. The molecule has 2 aromatic carbocycles. The lowest BCUT2D eigenvalue weighted by molar-refractivity contribution is -0.139. The van der Waals surface area contributed by atoms with Gasteiger partial charge < -0.3 is 19.4 Å². The number of hydrogen-bond acceptors (Lipinski definition) is 6. The second-order valence-electron chi connectivity index (χ2n) is 11.2. The maximum atomic E-state index is 13.8. The highest BCUT2D eigenvalue weighted by Crippen LogP contribution is 2.35. The average Bonchev–Trinajstić information content (AvgIpc) is 3.21. The molecule has 8 nitrogen and oxygen atoms in total. The number of benzene rings is 2. The van der Waals surface area contributed by atoms with E-state index in [4.69, 9.17) is 16.3 Å². The molecule has 2 saturated heterocycles. The average molecular weight is 567 g/mol. The Balaban J connectivity index is 1.27. The van der Waals surface area contributed by atoms with Crippen LogP contribution in [0.3, 0.4) is 0 Å². The van der Waals surface area contributed by atoms with Gasteiger partial charge in [0.15, 0.2) is 0 Å². The van der Waals surface area contributed by atoms with Crippen molar-refractivity contribution in [3.8, 4) is 0 Å². The summed E-state index contributed by atoms with van der Waals surface area (Å²) < 4.78 is 5.27. The van der Waals surface area contributed by atoms with Crippen molar-refractivity contribution in [1.82, 2.24) is 14.7 Å². The lowest BCUT2D eigenvalue weighted by atomic mass is 9.92. The van der Waals surface area contributed by atoms with E-state index < -0.39 is 0 Å². The van der Waals surface area contributed by atoms with Gasteiger partial charge in [-0.3, -0.25) is 19.3 Å². The van der Waals surface area contributed by atoms with Crippen LogP contribution in [0.4, 0.5) is 5.69 Å². The Morgan fingerprint density at radius 2 is 1.73 bits per heavy atom. The highest BCUT2D eigenvalue weighted by Gasteiger charge is 2.40. The molecule has 5 rings (SSSR count). The van der Waals surface area contributed by atoms with E-state index in [1.54, 1.807) is 25.3 Å². The van der Waals surface area contributed by atoms with Gasteiger partial charge in [0.1, 0.15) is 0 Å². The molecule has 0 radical (unpaired) electrons. The predicted octanol–water partition coefficient (Wildman–Crippen LogP) is 4.31. The molecule has 0 atom stereocenters. The number of piperidine rings is 2. The number of fused-ring (bicyclic) bond motifs is 1. The fraction of sp³-hybridized carbons (Fsp3) is 0.516. The van der Waals surface area contributed by atoms with Crippen molar-refractivity contribution < 1.29 is 19.1 Å². The largest absolute Gasteiger partial charge is 0.385 e. The molecule has 0 spiro atoms. The number of rotatable bonds is 9. The molecule has 0 saturated carbocycles. The fourth-order valence-corrected chi connectivity index (χ4v) is 6.51. The van der Waals surface area contributed by atoms with E-state index in [1.165, 1.54) is 4.90 Å². The SMILES string of the molecule is COCCCN(C(=O)C1CCN(c2cccc3c2C(=O)N(Cc2cccc(Cl)c2)C3=O)CC1)C1CCN(C)CC1. The van der Waals surface area contributed by atoms with Gasteiger partial charge in [0, 0.05) is 50.3 Å². The predicted molar refractivity (Wildman–Crippen MR) is 156 cm³/mol. The lowest BCUT2D eigenvalue weighted by Gasteiger charge is -2.41. The first-order valence-corrected chi connectivity index (χ1v) is 14.7. The van der Waals surface area contributed by atoms with Gasteiger partial charge in [-0.25, -0.2) is 0 Å². The smallest absolute Gasteiger partial charge is 0.263 e. The molecule has 3 heterocycles. The number of carbonyl (C=O) groups is 3. The number of nitrogens with zero attached hydrogens (tertiary/aromatic N) is 4. The molecule has 214 valence electrons. The molecule has 0 N–H and O–H groups in total. The van der Waals surface area contributed by atoms with Crippen LogP contribution in [-0.4, -0.2) is 92.0 Å². The summed E-state index contributed by atoms with van der Waals surface area (Å²) >= 11 is 6.12. The van der Waals surface area contributed by atoms with Gasteiger partial charge in [0.25, 0.3) is 11.8 Å². The first-order valence-electron chi connectivity index (χ1n) is 14.3. The number of hydrogen-bond donors (Lipinski definition) is 0. The zero-order valence-corrected chi connectivity index (χ0v) is 24.2. The third-order valence-corrected chi connectivity index (χ3v) is 8.79. The third-order valence-electron chi connectivity index (χ3n) is 8.55. The van der Waals surface area contributed by atoms with Crippen LogP contribution < -0.4 is 4.90 Å². The van der Waals surface area contributed by atoms with Crippen molar-refractivity contribution >= 4 is 35.0 Å². The topological polar surface area (TPSA) is 73.4 Å². The van der Waals surface area contributed by atoms with Crippen LogP contribution in [-0.2, 0) is 16.1 Å². The van der Waals surface area contributed by atoms with Crippen LogP contribution in [0.25, 0.3) is 0 Å². The van der Waals surface area contributed by atoms with Gasteiger partial charge in [-0.1, -0.05) is 29.8 Å². The van der Waals surface area contributed by atoms with Gasteiger partial charge in [-0.2, -0.15) is 0 Å². The number of imide groups is 1. The lowest BCUT2D eigenvalue weighted by Crippen LogP contribution is -2.50. The van der Waals surface area contributed by atoms with Crippen molar-refractivity contribution in [3.63, 3.8) is 0 Å². The molecule has 3 aliphatic heterocycles. The Kier molecular flexibility index (Phi) is 9.08. The highest BCUT2D eigenvalue weighted by molar-refractivity contribution is 6.30. The molecule has 2 aromatic rings. The Bertz CT molecular complexity index is 1240. The van der Waals surface area contributed by atoms with Crippen LogP contribution in [0.5, 0.6) is 0 Å². The second kappa shape index (κ2) is 12.7. The molecule has 0 bridgehead atoms. The number of halogens is 1. The molecule has 9 heteroatoms. The summed E-state index contributed by atoms with van der Waals surface area (Å²) in [5.74, 6) is -0.341. The molecular weight excluding hydrogens is 528 g/mol. The number of likely N-dealkylation sites (tertiary alicyclic amines) is 1. The van der Waals surface area contributed by atoms with Gasteiger partial charge in [-0.05, 0) is 82.1 Å². The number of methoxy groups -OCH3 is 1. The summed E-state index contributed by atoms with van der Waals surface area (Å²) in [4.78, 5) is 48.4. The van der Waals surface area contributed by atoms with Crippen LogP contribution in [0.1, 0.15) is 58.4 Å². The number of anilines is 1. The maximum Gasteiger partial charge on any atom is 0.263 e. The van der Waals surface area contributed by atoms with E-state index in [0.717, 1.165) is 63.0 Å². The Hall–Kier alpha value is -2.94. The summed E-state index contributed by atoms with van der Waals surface area (Å²) in [7, 11) is 3.84. The quantitative estimate of drug-likeness (QED) is 0.333. The molecule has 3 aliphatic rings. The summed E-state index contributed by atoms with van der Waals surface area (Å²) in [6.45, 7) is 4.92. The van der Waals surface area contributed by atoms with Crippen molar-refractivity contribution in [2.24, 2.45) is 5.92 Å². The Morgan fingerprint density at radius 1 is 1.00 bits per heavy atom. The third kappa shape index (κ3) is 6.04. The first kappa shape index (κ1) is 28.6. The molecule has 0 aliphatic carbocycles. The van der Waals surface area contributed by atoms with Crippen LogP contribution >= 0.6 is 11.6 Å². The Morgan fingerprint density at radius 3 is 2.42 bits per heavy atom. The minimum Gasteiger partial charge on any atom is -0.385 e. The Labute approximate surface area is 241 Å². The summed E-state index contributed by atoms with van der Waals surface area (Å²) in [5, 5.41) is 0.570. The summed E-state index contributed by atoms with van der Waals surface area (Å²) in [6.07, 6.45) is 4.30. The van der Waals surface area contributed by atoms with Crippen LogP contribution in [0, 0.1) is 5.92 Å². The zero-order valence-electron chi connectivity index (χ0n) is 23.5. The van der Waals surface area contributed by atoms with E-state index in [0.29, 0.717) is 35.8 Å². The second-order valence-corrected chi connectivity index (χ2v) is 11.6. The van der Waals surface area contributed by atoms with E-state index >= 15 is 0 Å². The van der Waals surface area contributed by atoms with Gasteiger partial charge >= 0.3 is 0 Å². The van der Waals surface area contributed by atoms with E-state index in [2.05, 4.69) is 21.7 Å². The van der Waals surface area contributed by atoms with Crippen LogP contribution in [0.2, 0.25) is 5.02 Å². The number of amides is 3. The number of carbonyl (C=O) groups excluding carboxylic acids is 3. The molecular formula is C31H39ClN4O4. The minimum absolute atomic E-state index is 0.0353. The van der Waals surface area contributed by atoms with Crippen molar-refractivity contribution in [1.29, 1.82) is 0 Å². The molecule has 0 unspecified atom stereocenters. The van der Waals surface area contributed by atoms with E-state index in [-0.39, 0.29) is 36.2 Å².